The normalized spacial score (nSPS) is 15.8. The van der Waals surface area contributed by atoms with E-state index in [1.54, 1.807) is 28.4 Å². The third kappa shape index (κ3) is 3.00. The predicted octanol–water partition coefficient (Wildman–Crippen LogP) is 3.19. The molecule has 0 spiro atoms. The maximum absolute atomic E-state index is 13.1. The van der Waals surface area contributed by atoms with Gasteiger partial charge in [-0.3, -0.25) is 15.1 Å². The van der Waals surface area contributed by atoms with Crippen LogP contribution in [0.15, 0.2) is 45.7 Å². The minimum atomic E-state index is -0.289. The fourth-order valence-corrected chi connectivity index (χ4v) is 4.79. The van der Waals surface area contributed by atoms with E-state index in [-0.39, 0.29) is 24.1 Å². The van der Waals surface area contributed by atoms with Crippen molar-refractivity contribution in [2.75, 3.05) is 18.4 Å². The molecule has 0 bridgehead atoms. The summed E-state index contributed by atoms with van der Waals surface area (Å²) in [5.41, 5.74) is 2.58. The molecule has 5 rings (SSSR count). The Morgan fingerprint density at radius 2 is 2.15 bits per heavy atom. The number of carbonyl (C=O) groups is 1. The number of thiazole rings is 1. The van der Waals surface area contributed by atoms with Gasteiger partial charge in [-0.15, -0.1) is 16.4 Å². The number of aliphatic imine (C=N–C) groups is 1. The summed E-state index contributed by atoms with van der Waals surface area (Å²) in [6.45, 7) is 1.59. The van der Waals surface area contributed by atoms with Crippen LogP contribution in [0.1, 0.15) is 6.42 Å². The third-order valence-electron chi connectivity index (χ3n) is 4.26. The molecule has 0 radical (unpaired) electrons. The lowest BCUT2D eigenvalue weighted by molar-refractivity contribution is -0.115. The Bertz CT molecular complexity index is 1100. The topological polar surface area (TPSA) is 74.9 Å². The third-order valence-corrected chi connectivity index (χ3v) is 6.03. The molecule has 0 atom stereocenters. The molecule has 1 amide bonds. The number of hydrogen-bond acceptors (Lipinski definition) is 7. The summed E-state index contributed by atoms with van der Waals surface area (Å²) < 4.78 is 14.8. The Balaban J connectivity index is 1.33. The Labute approximate surface area is 161 Å². The average Bonchev–Trinajstić information content (AvgIpc) is 3.38. The Morgan fingerprint density at radius 1 is 1.30 bits per heavy atom. The first-order valence-corrected chi connectivity index (χ1v) is 10.0. The van der Waals surface area contributed by atoms with Crippen LogP contribution in [-0.2, 0) is 4.79 Å². The molecule has 0 aliphatic carbocycles. The quantitative estimate of drug-likeness (QED) is 0.728. The van der Waals surface area contributed by atoms with Crippen LogP contribution in [0.5, 0.6) is 0 Å². The zero-order chi connectivity index (χ0) is 18.4. The minimum absolute atomic E-state index is 0.170. The van der Waals surface area contributed by atoms with Gasteiger partial charge in [-0.1, -0.05) is 11.8 Å². The second-order valence-corrected chi connectivity index (χ2v) is 7.70. The van der Waals surface area contributed by atoms with Gasteiger partial charge in [0.05, 0.1) is 18.7 Å². The van der Waals surface area contributed by atoms with Crippen LogP contribution >= 0.6 is 23.1 Å². The van der Waals surface area contributed by atoms with Crippen molar-refractivity contribution < 1.29 is 9.18 Å². The number of nitrogens with one attached hydrogen (secondary N) is 1. The number of thioether (sulfide) groups is 1. The van der Waals surface area contributed by atoms with Gasteiger partial charge in [0.25, 0.3) is 0 Å². The second-order valence-electron chi connectivity index (χ2n) is 6.03. The van der Waals surface area contributed by atoms with Crippen molar-refractivity contribution in [1.82, 2.24) is 19.5 Å². The maximum Gasteiger partial charge on any atom is 0.250 e. The molecule has 10 heteroatoms. The summed E-state index contributed by atoms with van der Waals surface area (Å²) in [6.07, 6.45) is 0.254. The van der Waals surface area contributed by atoms with E-state index in [1.165, 1.54) is 23.5 Å². The first-order chi connectivity index (χ1) is 13.2. The molecule has 2 aliphatic rings. The average molecular weight is 400 g/mol. The number of amides is 1. The number of anilines is 1. The molecule has 1 N–H and O–H groups in total. The predicted molar refractivity (Wildman–Crippen MR) is 104 cm³/mol. The van der Waals surface area contributed by atoms with Crippen LogP contribution in [0.2, 0.25) is 0 Å². The van der Waals surface area contributed by atoms with Gasteiger partial charge in [-0.2, -0.15) is 4.98 Å². The lowest BCUT2D eigenvalue weighted by Crippen LogP contribution is -2.24. The van der Waals surface area contributed by atoms with Gasteiger partial charge in [0, 0.05) is 23.2 Å². The van der Waals surface area contributed by atoms with Crippen LogP contribution < -0.4 is 5.32 Å². The highest BCUT2D eigenvalue weighted by molar-refractivity contribution is 8.16. The number of carbonyl (C=O) groups excluding carboxylic acids is 1. The number of nitrogens with zero attached hydrogens (tertiary/aromatic N) is 5. The molecular formula is C17H13FN6OS2. The van der Waals surface area contributed by atoms with Gasteiger partial charge in [-0.05, 0) is 29.7 Å². The molecule has 0 saturated heterocycles. The van der Waals surface area contributed by atoms with Gasteiger partial charge < -0.3 is 4.90 Å². The molecular weight excluding hydrogens is 387 g/mol. The number of amidine groups is 1. The summed E-state index contributed by atoms with van der Waals surface area (Å²) in [4.78, 5) is 23.9. The number of halogens is 1. The molecule has 136 valence electrons. The summed E-state index contributed by atoms with van der Waals surface area (Å²) >= 11 is 2.96. The number of hydrogen-bond donors (Lipinski definition) is 1. The van der Waals surface area contributed by atoms with Gasteiger partial charge >= 0.3 is 0 Å². The maximum atomic E-state index is 13.1. The van der Waals surface area contributed by atoms with E-state index in [0.717, 1.165) is 35.2 Å². The molecule has 0 saturated carbocycles. The standard InChI is InChI=1S/C17H13FN6OS2/c18-11-3-1-10(2-4-11)13-9-27-17-21-15(22-24(13)17)20-14(25)7-12-8-26-16-19-5-6-23(12)16/h1-4,8-9H,5-7H2,(H,20,22,25). The van der Waals surface area contributed by atoms with Crippen molar-refractivity contribution in [2.24, 2.45) is 4.99 Å². The molecule has 0 unspecified atom stereocenters. The largest absolute Gasteiger partial charge is 0.322 e. The number of aromatic nitrogens is 3. The number of fused-ring (bicyclic) bond motifs is 2. The molecule has 27 heavy (non-hydrogen) atoms. The summed E-state index contributed by atoms with van der Waals surface area (Å²) in [5.74, 6) is -0.198. The number of benzene rings is 1. The van der Waals surface area contributed by atoms with E-state index in [0.29, 0.717) is 4.96 Å². The van der Waals surface area contributed by atoms with Crippen LogP contribution in [0, 0.1) is 5.82 Å². The Hall–Kier alpha value is -2.72. The summed E-state index contributed by atoms with van der Waals surface area (Å²) in [7, 11) is 0. The highest BCUT2D eigenvalue weighted by Crippen LogP contribution is 2.31. The zero-order valence-corrected chi connectivity index (χ0v) is 15.6. The molecule has 3 aromatic rings. The van der Waals surface area contributed by atoms with Crippen molar-refractivity contribution in [2.45, 2.75) is 6.42 Å². The zero-order valence-electron chi connectivity index (χ0n) is 13.9. The molecule has 2 aromatic heterocycles. The smallest absolute Gasteiger partial charge is 0.250 e. The fourth-order valence-electron chi connectivity index (χ4n) is 3.00. The number of rotatable bonds is 4. The SMILES string of the molecule is O=C(CC1=CSC2=NCCN12)Nc1nc2scc(-c3ccc(F)cc3)n2n1. The Kier molecular flexibility index (Phi) is 3.94. The monoisotopic (exact) mass is 400 g/mol. The van der Waals surface area contributed by atoms with E-state index >= 15 is 0 Å². The van der Waals surface area contributed by atoms with E-state index in [9.17, 15) is 9.18 Å². The van der Waals surface area contributed by atoms with Crippen molar-refractivity contribution >= 4 is 45.1 Å². The highest BCUT2D eigenvalue weighted by atomic mass is 32.2. The first-order valence-electron chi connectivity index (χ1n) is 8.25. The van der Waals surface area contributed by atoms with E-state index in [1.807, 2.05) is 10.8 Å². The lowest BCUT2D eigenvalue weighted by atomic mass is 10.2. The van der Waals surface area contributed by atoms with Crippen LogP contribution in [0.25, 0.3) is 16.2 Å². The van der Waals surface area contributed by atoms with Crippen molar-refractivity contribution in [1.29, 1.82) is 0 Å². The van der Waals surface area contributed by atoms with Gasteiger partial charge in [-0.25, -0.2) is 8.91 Å². The van der Waals surface area contributed by atoms with Crippen molar-refractivity contribution in [3.63, 3.8) is 0 Å². The summed E-state index contributed by atoms with van der Waals surface area (Å²) in [6, 6.07) is 6.19. The van der Waals surface area contributed by atoms with E-state index < -0.39 is 0 Å². The van der Waals surface area contributed by atoms with Gasteiger partial charge in [0.2, 0.25) is 16.8 Å². The lowest BCUT2D eigenvalue weighted by Gasteiger charge is -2.15. The van der Waals surface area contributed by atoms with Gasteiger partial charge in [0.15, 0.2) is 5.17 Å². The molecule has 4 heterocycles. The fraction of sp³-hybridized carbons (Fsp3) is 0.176. The van der Waals surface area contributed by atoms with Crippen LogP contribution in [0.4, 0.5) is 10.3 Å². The van der Waals surface area contributed by atoms with Crippen LogP contribution in [-0.4, -0.2) is 43.7 Å². The van der Waals surface area contributed by atoms with E-state index in [4.69, 9.17) is 0 Å². The van der Waals surface area contributed by atoms with Crippen molar-refractivity contribution in [3.8, 4) is 11.3 Å². The Morgan fingerprint density at radius 3 is 3.00 bits per heavy atom. The molecule has 2 aliphatic heterocycles. The second kappa shape index (κ2) is 6.46. The van der Waals surface area contributed by atoms with Crippen LogP contribution in [0.3, 0.4) is 0 Å². The van der Waals surface area contributed by atoms with Crippen molar-refractivity contribution in [3.05, 3.63) is 46.6 Å². The van der Waals surface area contributed by atoms with Gasteiger partial charge in [0.1, 0.15) is 5.82 Å². The van der Waals surface area contributed by atoms with E-state index in [2.05, 4.69) is 25.3 Å². The summed E-state index contributed by atoms with van der Waals surface area (Å²) in [5, 5.41) is 12.0. The molecule has 0 fully saturated rings. The first kappa shape index (κ1) is 16.5. The highest BCUT2D eigenvalue weighted by Gasteiger charge is 2.27. The minimum Gasteiger partial charge on any atom is -0.322 e. The molecule has 1 aromatic carbocycles. The molecule has 7 nitrogen and oxygen atoms in total.